The molecule has 0 aromatic carbocycles. The third-order valence-electron chi connectivity index (χ3n) is 3.82. The summed E-state index contributed by atoms with van der Waals surface area (Å²) in [5.74, 6) is 0.210. The topological polar surface area (TPSA) is 55.6 Å². The van der Waals surface area contributed by atoms with Gasteiger partial charge < -0.3 is 15.4 Å². The number of nitrogens with zero attached hydrogens (tertiary/aromatic N) is 1. The Morgan fingerprint density at radius 3 is 2.50 bits per heavy atom. The van der Waals surface area contributed by atoms with Gasteiger partial charge in [-0.25, -0.2) is 0 Å². The van der Waals surface area contributed by atoms with E-state index in [2.05, 4.69) is 0 Å². The lowest BCUT2D eigenvalue weighted by atomic mass is 10.0. The van der Waals surface area contributed by atoms with Crippen LogP contribution in [0.3, 0.4) is 0 Å². The molecule has 0 aromatic rings. The summed E-state index contributed by atoms with van der Waals surface area (Å²) in [6.45, 7) is 5.35. The van der Waals surface area contributed by atoms with Gasteiger partial charge in [-0.2, -0.15) is 0 Å². The molecule has 0 saturated heterocycles. The van der Waals surface area contributed by atoms with Crippen LogP contribution < -0.4 is 5.73 Å². The van der Waals surface area contributed by atoms with Crippen LogP contribution in [-0.2, 0) is 9.53 Å². The molecule has 1 rings (SSSR count). The van der Waals surface area contributed by atoms with E-state index < -0.39 is 0 Å². The molecule has 0 aromatic heterocycles. The minimum atomic E-state index is -0.378. The van der Waals surface area contributed by atoms with Crippen LogP contribution in [0.5, 0.6) is 0 Å². The molecule has 1 fully saturated rings. The molecule has 1 aliphatic carbocycles. The Labute approximate surface area is 111 Å². The first-order valence-corrected chi connectivity index (χ1v) is 7.05. The Balaban J connectivity index is 2.60. The van der Waals surface area contributed by atoms with Crippen molar-refractivity contribution in [2.75, 3.05) is 20.2 Å². The zero-order chi connectivity index (χ0) is 13.6. The lowest BCUT2D eigenvalue weighted by molar-refractivity contribution is -0.138. The second kappa shape index (κ2) is 7.10. The number of hydrogen-bond acceptors (Lipinski definition) is 3. The van der Waals surface area contributed by atoms with Gasteiger partial charge in [0.05, 0.1) is 12.0 Å². The Morgan fingerprint density at radius 2 is 2.00 bits per heavy atom. The smallest absolute Gasteiger partial charge is 0.225 e. The highest BCUT2D eigenvalue weighted by atomic mass is 16.5. The number of nitrogens with two attached hydrogens (primary N) is 1. The van der Waals surface area contributed by atoms with E-state index in [-0.39, 0.29) is 11.5 Å². The molecule has 4 heteroatoms. The lowest BCUT2D eigenvalue weighted by Crippen LogP contribution is -2.43. The maximum absolute atomic E-state index is 12.4. The number of ether oxygens (including phenoxy) is 1. The van der Waals surface area contributed by atoms with Gasteiger partial charge in [-0.3, -0.25) is 4.79 Å². The maximum Gasteiger partial charge on any atom is 0.225 e. The number of hydrogen-bond donors (Lipinski definition) is 1. The molecule has 1 saturated carbocycles. The molecule has 0 bridgehead atoms. The molecule has 2 N–H and O–H groups in total. The Morgan fingerprint density at radius 1 is 1.39 bits per heavy atom. The van der Waals surface area contributed by atoms with Crippen LogP contribution in [0.2, 0.25) is 0 Å². The monoisotopic (exact) mass is 256 g/mol. The van der Waals surface area contributed by atoms with E-state index >= 15 is 0 Å². The summed E-state index contributed by atoms with van der Waals surface area (Å²) in [5.41, 5.74) is 5.19. The van der Waals surface area contributed by atoms with Crippen molar-refractivity contribution < 1.29 is 9.53 Å². The van der Waals surface area contributed by atoms with Crippen LogP contribution in [0.4, 0.5) is 0 Å². The van der Waals surface area contributed by atoms with E-state index in [0.29, 0.717) is 19.0 Å². The molecule has 18 heavy (non-hydrogen) atoms. The van der Waals surface area contributed by atoms with Crippen LogP contribution >= 0.6 is 0 Å². The predicted molar refractivity (Wildman–Crippen MR) is 73.3 cm³/mol. The van der Waals surface area contributed by atoms with Gasteiger partial charge in [0.2, 0.25) is 5.91 Å². The number of amides is 1. The van der Waals surface area contributed by atoms with Crippen LogP contribution in [0.15, 0.2) is 0 Å². The summed E-state index contributed by atoms with van der Waals surface area (Å²) in [7, 11) is 1.66. The van der Waals surface area contributed by atoms with E-state index in [1.807, 2.05) is 18.7 Å². The van der Waals surface area contributed by atoms with E-state index in [4.69, 9.17) is 10.5 Å². The van der Waals surface area contributed by atoms with Crippen molar-refractivity contribution >= 4 is 5.91 Å². The zero-order valence-electron chi connectivity index (χ0n) is 12.1. The average Bonchev–Trinajstić information content (AvgIpc) is 2.82. The van der Waals surface area contributed by atoms with Crippen molar-refractivity contribution in [2.45, 2.75) is 64.0 Å². The van der Waals surface area contributed by atoms with Crippen molar-refractivity contribution in [3.63, 3.8) is 0 Å². The summed E-state index contributed by atoms with van der Waals surface area (Å²) >= 11 is 0. The standard InChI is InChI=1S/C14H28N2O2/c1-14(2,18-3)11-13(17)16(10-6-9-15)12-7-4-5-8-12/h12H,4-11,15H2,1-3H3. The third-order valence-corrected chi connectivity index (χ3v) is 3.82. The van der Waals surface area contributed by atoms with E-state index in [0.717, 1.165) is 25.8 Å². The highest BCUT2D eigenvalue weighted by molar-refractivity contribution is 5.77. The second-order valence-electron chi connectivity index (χ2n) is 5.81. The quantitative estimate of drug-likeness (QED) is 0.757. The molecule has 0 aliphatic heterocycles. The molecular weight excluding hydrogens is 228 g/mol. The van der Waals surface area contributed by atoms with Crippen molar-refractivity contribution in [2.24, 2.45) is 5.73 Å². The van der Waals surface area contributed by atoms with Gasteiger partial charge in [0.15, 0.2) is 0 Å². The molecule has 0 unspecified atom stereocenters. The molecular formula is C14H28N2O2. The van der Waals surface area contributed by atoms with Gasteiger partial charge >= 0.3 is 0 Å². The van der Waals surface area contributed by atoms with Crippen LogP contribution in [-0.4, -0.2) is 42.6 Å². The molecule has 0 heterocycles. The van der Waals surface area contributed by atoms with E-state index in [9.17, 15) is 4.79 Å². The molecule has 0 radical (unpaired) electrons. The minimum Gasteiger partial charge on any atom is -0.378 e. The van der Waals surface area contributed by atoms with Gasteiger partial charge in [0.25, 0.3) is 0 Å². The maximum atomic E-state index is 12.4. The van der Waals surface area contributed by atoms with Crippen LogP contribution in [0.25, 0.3) is 0 Å². The van der Waals surface area contributed by atoms with Crippen molar-refractivity contribution in [1.82, 2.24) is 4.90 Å². The number of rotatable bonds is 7. The van der Waals surface area contributed by atoms with E-state index in [1.54, 1.807) is 7.11 Å². The van der Waals surface area contributed by atoms with Crippen LogP contribution in [0, 0.1) is 0 Å². The molecule has 0 atom stereocenters. The fraction of sp³-hybridized carbons (Fsp3) is 0.929. The Kier molecular flexibility index (Phi) is 6.09. The average molecular weight is 256 g/mol. The zero-order valence-corrected chi connectivity index (χ0v) is 12.1. The van der Waals surface area contributed by atoms with Crippen molar-refractivity contribution in [3.8, 4) is 0 Å². The molecule has 106 valence electrons. The minimum absolute atomic E-state index is 0.210. The summed E-state index contributed by atoms with van der Waals surface area (Å²) in [5, 5.41) is 0. The van der Waals surface area contributed by atoms with Gasteiger partial charge in [-0.15, -0.1) is 0 Å². The van der Waals surface area contributed by atoms with Gasteiger partial charge in [-0.05, 0) is 39.7 Å². The number of methoxy groups -OCH3 is 1. The highest BCUT2D eigenvalue weighted by Gasteiger charge is 2.30. The third kappa shape index (κ3) is 4.58. The van der Waals surface area contributed by atoms with Crippen molar-refractivity contribution in [1.29, 1.82) is 0 Å². The fourth-order valence-corrected chi connectivity index (χ4v) is 2.53. The fourth-order valence-electron chi connectivity index (χ4n) is 2.53. The first kappa shape index (κ1) is 15.4. The summed E-state index contributed by atoms with van der Waals surface area (Å²) in [6, 6.07) is 0.428. The normalized spacial score (nSPS) is 17.1. The van der Waals surface area contributed by atoms with Crippen LogP contribution in [0.1, 0.15) is 52.4 Å². The SMILES string of the molecule is COC(C)(C)CC(=O)N(CCCN)C1CCCC1. The number of carbonyl (C=O) groups excluding carboxylic acids is 1. The summed E-state index contributed by atoms with van der Waals surface area (Å²) < 4.78 is 5.35. The first-order chi connectivity index (χ1) is 8.50. The summed E-state index contributed by atoms with van der Waals surface area (Å²) in [6.07, 6.45) is 6.10. The van der Waals surface area contributed by atoms with Gasteiger partial charge in [0, 0.05) is 19.7 Å². The molecule has 1 aliphatic rings. The largest absolute Gasteiger partial charge is 0.378 e. The summed E-state index contributed by atoms with van der Waals surface area (Å²) in [4.78, 5) is 14.5. The highest BCUT2D eigenvalue weighted by Crippen LogP contribution is 2.25. The Hall–Kier alpha value is -0.610. The first-order valence-electron chi connectivity index (χ1n) is 7.05. The number of carbonyl (C=O) groups is 1. The predicted octanol–water partition coefficient (Wildman–Crippen LogP) is 1.92. The second-order valence-corrected chi connectivity index (χ2v) is 5.81. The molecule has 4 nitrogen and oxygen atoms in total. The van der Waals surface area contributed by atoms with Gasteiger partial charge in [-0.1, -0.05) is 12.8 Å². The lowest BCUT2D eigenvalue weighted by Gasteiger charge is -2.32. The van der Waals surface area contributed by atoms with Crippen molar-refractivity contribution in [3.05, 3.63) is 0 Å². The molecule has 1 amide bonds. The van der Waals surface area contributed by atoms with Gasteiger partial charge in [0.1, 0.15) is 0 Å². The molecule has 0 spiro atoms. The Bertz CT molecular complexity index is 261. The van der Waals surface area contributed by atoms with E-state index in [1.165, 1.54) is 12.8 Å².